The number of allylic oxidation sites excluding steroid dienone is 1. The number of imide groups is 1. The van der Waals surface area contributed by atoms with Gasteiger partial charge in [0.15, 0.2) is 0 Å². The van der Waals surface area contributed by atoms with Crippen LogP contribution >= 0.6 is 0 Å². The van der Waals surface area contributed by atoms with Crippen LogP contribution in [0.15, 0.2) is 17.3 Å². The lowest BCUT2D eigenvalue weighted by Crippen LogP contribution is -2.31. The third-order valence-corrected chi connectivity index (χ3v) is 2.81. The quantitative estimate of drug-likeness (QED) is 0.175. The first-order valence-corrected chi connectivity index (χ1v) is 6.84. The monoisotopic (exact) mass is 311 g/mol. The number of nitro groups is 1. The number of nitrogens with zero attached hydrogens (tertiary/aromatic N) is 3. The van der Waals surface area contributed by atoms with E-state index in [-0.39, 0.29) is 31.5 Å². The number of hydroxylamine groups is 2. The Hall–Kier alpha value is -2.58. The van der Waals surface area contributed by atoms with E-state index in [0.29, 0.717) is 17.9 Å². The van der Waals surface area contributed by atoms with Crippen molar-refractivity contribution in [3.8, 4) is 0 Å². The van der Waals surface area contributed by atoms with Crippen LogP contribution in [-0.4, -0.2) is 33.6 Å². The maximum absolute atomic E-state index is 11.5. The van der Waals surface area contributed by atoms with E-state index in [1.54, 1.807) is 13.0 Å². The van der Waals surface area contributed by atoms with Gasteiger partial charge in [-0.2, -0.15) is 0 Å². The normalized spacial score (nSPS) is 15.7. The van der Waals surface area contributed by atoms with E-state index in [4.69, 9.17) is 0 Å². The Kier molecular flexibility index (Phi) is 6.87. The molecule has 0 aliphatic carbocycles. The molecule has 9 nitrogen and oxygen atoms in total. The fourth-order valence-corrected chi connectivity index (χ4v) is 1.72. The fourth-order valence-electron chi connectivity index (χ4n) is 1.72. The number of rotatable bonds is 7. The highest BCUT2D eigenvalue weighted by atomic mass is 16.7. The molecule has 0 atom stereocenters. The number of hydrogen-bond donors (Lipinski definition) is 0. The van der Waals surface area contributed by atoms with Crippen LogP contribution in [-0.2, 0) is 19.2 Å². The molecule has 2 amide bonds. The average Bonchev–Trinajstić information content (AvgIpc) is 2.78. The molecule has 1 heterocycles. The smallest absolute Gasteiger partial charge is 0.338 e. The minimum absolute atomic E-state index is 0.0360. The van der Waals surface area contributed by atoms with E-state index in [9.17, 15) is 24.5 Å². The molecule has 1 aliphatic heterocycles. The Balaban J connectivity index is 2.31. The van der Waals surface area contributed by atoms with Crippen molar-refractivity contribution in [3.05, 3.63) is 22.4 Å². The summed E-state index contributed by atoms with van der Waals surface area (Å²) in [6, 6.07) is 0. The molecule has 22 heavy (non-hydrogen) atoms. The maximum Gasteiger partial charge on any atom is 0.338 e. The highest BCUT2D eigenvalue weighted by molar-refractivity contribution is 6.01. The Morgan fingerprint density at radius 1 is 1.32 bits per heavy atom. The number of amides is 2. The zero-order valence-electron chi connectivity index (χ0n) is 12.2. The summed E-state index contributed by atoms with van der Waals surface area (Å²) in [7, 11) is 0. The van der Waals surface area contributed by atoms with E-state index in [2.05, 4.69) is 9.83 Å². The zero-order valence-corrected chi connectivity index (χ0v) is 12.2. The molecular weight excluding hydrogens is 294 g/mol. The van der Waals surface area contributed by atoms with E-state index < -0.39 is 22.7 Å². The third-order valence-electron chi connectivity index (χ3n) is 2.81. The number of carbonyl (C=O) groups excluding carboxylic acids is 3. The van der Waals surface area contributed by atoms with Crippen LogP contribution in [0, 0.1) is 10.1 Å². The third kappa shape index (κ3) is 5.43. The number of carbonyl (C=O) groups is 3. The van der Waals surface area contributed by atoms with E-state index in [0.717, 1.165) is 0 Å². The second-order valence-electron chi connectivity index (χ2n) is 4.54. The lowest BCUT2D eigenvalue weighted by molar-refractivity contribution is -0.353. The second-order valence-corrected chi connectivity index (χ2v) is 4.54. The minimum atomic E-state index is -0.711. The van der Waals surface area contributed by atoms with Crippen molar-refractivity contribution < 1.29 is 24.1 Å². The fraction of sp³-hybridized carbons (Fsp3) is 0.538. The van der Waals surface area contributed by atoms with Crippen molar-refractivity contribution in [1.82, 2.24) is 5.06 Å². The van der Waals surface area contributed by atoms with Gasteiger partial charge >= 0.3 is 11.8 Å². The number of amidine groups is 1. The highest BCUT2D eigenvalue weighted by Gasteiger charge is 2.32. The molecule has 0 N–H and O–H groups in total. The molecule has 1 rings (SSSR count). The predicted octanol–water partition coefficient (Wildman–Crippen LogP) is 1.36. The molecule has 1 saturated heterocycles. The van der Waals surface area contributed by atoms with Gasteiger partial charge in [0.2, 0.25) is 0 Å². The Morgan fingerprint density at radius 2 is 1.91 bits per heavy atom. The van der Waals surface area contributed by atoms with Gasteiger partial charge in [0.25, 0.3) is 11.8 Å². The van der Waals surface area contributed by atoms with E-state index >= 15 is 0 Å². The minimum Gasteiger partial charge on any atom is -0.358 e. The molecule has 0 aromatic heterocycles. The van der Waals surface area contributed by atoms with Crippen molar-refractivity contribution in [1.29, 1.82) is 0 Å². The van der Waals surface area contributed by atoms with Crippen LogP contribution in [0.25, 0.3) is 0 Å². The molecule has 0 spiro atoms. The summed E-state index contributed by atoms with van der Waals surface area (Å²) in [5.74, 6) is -1.96. The summed E-state index contributed by atoms with van der Waals surface area (Å²) in [4.78, 5) is 52.5. The van der Waals surface area contributed by atoms with Crippen LogP contribution in [0.2, 0.25) is 0 Å². The molecule has 0 bridgehead atoms. The van der Waals surface area contributed by atoms with Gasteiger partial charge in [0, 0.05) is 19.3 Å². The lowest BCUT2D eigenvalue weighted by Gasteiger charge is -2.12. The zero-order chi connectivity index (χ0) is 16.5. The molecule has 0 radical (unpaired) electrons. The molecular formula is C13H17N3O6. The summed E-state index contributed by atoms with van der Waals surface area (Å²) >= 11 is 0. The number of hydrogen-bond acceptors (Lipinski definition) is 7. The Morgan fingerprint density at radius 3 is 2.45 bits per heavy atom. The largest absolute Gasteiger partial charge is 0.358 e. The van der Waals surface area contributed by atoms with Gasteiger partial charge < -0.3 is 15.0 Å². The molecule has 1 fully saturated rings. The van der Waals surface area contributed by atoms with Gasteiger partial charge in [-0.05, 0) is 30.8 Å². The molecule has 9 heteroatoms. The molecule has 120 valence electrons. The van der Waals surface area contributed by atoms with Gasteiger partial charge in [-0.1, -0.05) is 4.99 Å². The predicted molar refractivity (Wildman–Crippen MR) is 74.9 cm³/mol. The van der Waals surface area contributed by atoms with Crippen LogP contribution < -0.4 is 0 Å². The summed E-state index contributed by atoms with van der Waals surface area (Å²) < 4.78 is 0. The first kappa shape index (κ1) is 17.5. The molecule has 0 saturated carbocycles. The summed E-state index contributed by atoms with van der Waals surface area (Å²) in [5.41, 5.74) is 0. The van der Waals surface area contributed by atoms with Crippen molar-refractivity contribution in [2.75, 3.05) is 0 Å². The van der Waals surface area contributed by atoms with Crippen molar-refractivity contribution >= 4 is 23.6 Å². The van der Waals surface area contributed by atoms with Crippen molar-refractivity contribution in [2.45, 2.75) is 45.4 Å². The first-order valence-electron chi connectivity index (χ1n) is 6.84. The molecule has 0 unspecified atom stereocenters. The van der Waals surface area contributed by atoms with Crippen LogP contribution in [0.4, 0.5) is 0 Å². The van der Waals surface area contributed by atoms with Crippen molar-refractivity contribution in [2.24, 2.45) is 4.99 Å². The standard InChI is InChI=1S/C13H17N3O6/c1-2-9-14-10(16(20)21)5-3-4-6-13(19)22-15-11(17)7-8-12(15)18/h2,9H,3-8H2,1H3/b9-2-,14-10?. The Bertz CT molecular complexity index is 510. The summed E-state index contributed by atoms with van der Waals surface area (Å²) in [6.45, 7) is 1.69. The van der Waals surface area contributed by atoms with E-state index in [1.165, 1.54) is 6.20 Å². The van der Waals surface area contributed by atoms with Crippen LogP contribution in [0.5, 0.6) is 0 Å². The summed E-state index contributed by atoms with van der Waals surface area (Å²) in [6.07, 6.45) is 3.77. The average molecular weight is 311 g/mol. The van der Waals surface area contributed by atoms with Gasteiger partial charge in [-0.3, -0.25) is 9.59 Å². The number of unbranched alkanes of at least 4 members (excludes halogenated alkanes) is 1. The second kappa shape index (κ2) is 8.65. The van der Waals surface area contributed by atoms with Gasteiger partial charge in [-0.25, -0.2) is 4.79 Å². The van der Waals surface area contributed by atoms with Gasteiger partial charge in [0.05, 0.1) is 6.42 Å². The summed E-state index contributed by atoms with van der Waals surface area (Å²) in [5, 5.41) is 11.2. The van der Waals surface area contributed by atoms with E-state index in [1.807, 2.05) is 0 Å². The Labute approximate surface area is 126 Å². The highest BCUT2D eigenvalue weighted by Crippen LogP contribution is 2.13. The SMILES string of the molecule is C/C=C\N=C(CCCCC(=O)ON1C(=O)CCC1=O)[N+](=O)[O-]. The molecule has 0 aromatic carbocycles. The number of aliphatic imine (C=N–C) groups is 1. The van der Waals surface area contributed by atoms with Crippen molar-refractivity contribution in [3.63, 3.8) is 0 Å². The lowest BCUT2D eigenvalue weighted by atomic mass is 10.2. The molecule has 1 aliphatic rings. The van der Waals surface area contributed by atoms with Gasteiger partial charge in [0.1, 0.15) is 6.20 Å². The maximum atomic E-state index is 11.5. The molecule has 0 aromatic rings. The first-order chi connectivity index (χ1) is 10.5. The van der Waals surface area contributed by atoms with Crippen LogP contribution in [0.3, 0.4) is 0 Å². The van der Waals surface area contributed by atoms with Crippen LogP contribution in [0.1, 0.15) is 45.4 Å². The van der Waals surface area contributed by atoms with Gasteiger partial charge in [-0.15, -0.1) is 5.06 Å². The topological polar surface area (TPSA) is 119 Å².